The van der Waals surface area contributed by atoms with E-state index in [1.54, 1.807) is 12.1 Å². The largest absolute Gasteiger partial charge is 0.352 e. The molecule has 0 aliphatic rings. The van der Waals surface area contributed by atoms with Gasteiger partial charge in [0.05, 0.1) is 0 Å². The van der Waals surface area contributed by atoms with Crippen molar-refractivity contribution in [2.24, 2.45) is 0 Å². The molecular formula is C20H23BrN2O2. The van der Waals surface area contributed by atoms with Crippen molar-refractivity contribution in [2.45, 2.75) is 33.1 Å². The summed E-state index contributed by atoms with van der Waals surface area (Å²) in [5.41, 5.74) is 3.61. The van der Waals surface area contributed by atoms with Crippen molar-refractivity contribution in [3.05, 3.63) is 63.6 Å². The molecule has 0 atom stereocenters. The van der Waals surface area contributed by atoms with Gasteiger partial charge in [-0.05, 0) is 48.2 Å². The van der Waals surface area contributed by atoms with Crippen LogP contribution in [0.25, 0.3) is 0 Å². The average molecular weight is 403 g/mol. The van der Waals surface area contributed by atoms with Crippen molar-refractivity contribution < 1.29 is 9.59 Å². The van der Waals surface area contributed by atoms with Gasteiger partial charge in [-0.25, -0.2) is 0 Å². The highest BCUT2D eigenvalue weighted by molar-refractivity contribution is 9.10. The first-order valence-corrected chi connectivity index (χ1v) is 9.11. The number of carbonyl (C=O) groups is 2. The van der Waals surface area contributed by atoms with Crippen molar-refractivity contribution in [3.63, 3.8) is 0 Å². The Hall–Kier alpha value is -2.14. The zero-order chi connectivity index (χ0) is 18.4. The molecule has 0 spiro atoms. The number of halogens is 1. The molecule has 2 aromatic rings. The summed E-state index contributed by atoms with van der Waals surface area (Å²) in [6, 6.07) is 13.1. The Morgan fingerprint density at radius 2 is 1.76 bits per heavy atom. The molecule has 2 rings (SSSR count). The number of hydrogen-bond acceptors (Lipinski definition) is 2. The fourth-order valence-electron chi connectivity index (χ4n) is 2.54. The Kier molecular flexibility index (Phi) is 6.76. The van der Waals surface area contributed by atoms with Crippen molar-refractivity contribution in [3.8, 4) is 0 Å². The standard InChI is InChI=1S/C20H23BrN2O2/c1-13(2)17-6-4-5-14(3)19(17)23-18(24)11-12-22-20(25)15-7-9-16(21)10-8-15/h4-10,13H,11-12H2,1-3H3,(H,22,25)(H,23,24). The Morgan fingerprint density at radius 1 is 1.08 bits per heavy atom. The molecule has 0 saturated heterocycles. The van der Waals surface area contributed by atoms with Crippen LogP contribution in [0.15, 0.2) is 46.9 Å². The van der Waals surface area contributed by atoms with Gasteiger partial charge >= 0.3 is 0 Å². The van der Waals surface area contributed by atoms with Crippen LogP contribution in [0.1, 0.15) is 47.7 Å². The van der Waals surface area contributed by atoms with Gasteiger partial charge in [-0.15, -0.1) is 0 Å². The second-order valence-corrected chi connectivity index (χ2v) is 7.17. The molecule has 0 aliphatic heterocycles. The van der Waals surface area contributed by atoms with E-state index in [4.69, 9.17) is 0 Å². The molecule has 0 radical (unpaired) electrons. The molecule has 132 valence electrons. The summed E-state index contributed by atoms with van der Waals surface area (Å²) in [6.07, 6.45) is 0.230. The van der Waals surface area contributed by atoms with E-state index in [1.165, 1.54) is 0 Å². The van der Waals surface area contributed by atoms with Crippen LogP contribution < -0.4 is 10.6 Å². The third-order valence-corrected chi connectivity index (χ3v) is 4.46. The van der Waals surface area contributed by atoms with E-state index in [1.807, 2.05) is 37.3 Å². The summed E-state index contributed by atoms with van der Waals surface area (Å²) in [7, 11) is 0. The summed E-state index contributed by atoms with van der Waals surface area (Å²) in [5, 5.41) is 5.76. The average Bonchev–Trinajstić information content (AvgIpc) is 2.57. The molecule has 0 fully saturated rings. The minimum absolute atomic E-state index is 0.104. The van der Waals surface area contributed by atoms with Crippen LogP contribution >= 0.6 is 15.9 Å². The van der Waals surface area contributed by atoms with Crippen molar-refractivity contribution in [1.29, 1.82) is 0 Å². The summed E-state index contributed by atoms with van der Waals surface area (Å²) in [5.74, 6) is 0.0404. The van der Waals surface area contributed by atoms with Gasteiger partial charge in [0, 0.05) is 28.7 Å². The van der Waals surface area contributed by atoms with Gasteiger partial charge in [-0.1, -0.05) is 48.0 Å². The van der Waals surface area contributed by atoms with Gasteiger partial charge in [0.2, 0.25) is 5.91 Å². The Labute approximate surface area is 157 Å². The third kappa shape index (κ3) is 5.43. The Balaban J connectivity index is 1.89. The van der Waals surface area contributed by atoms with Gasteiger partial charge in [-0.3, -0.25) is 9.59 Å². The predicted octanol–water partition coefficient (Wildman–Crippen LogP) is 4.64. The molecule has 0 heterocycles. The van der Waals surface area contributed by atoms with Crippen LogP contribution in [-0.4, -0.2) is 18.4 Å². The predicted molar refractivity (Wildman–Crippen MR) is 105 cm³/mol. The Morgan fingerprint density at radius 3 is 2.40 bits per heavy atom. The lowest BCUT2D eigenvalue weighted by molar-refractivity contribution is -0.116. The number of para-hydroxylation sites is 1. The van der Waals surface area contributed by atoms with E-state index >= 15 is 0 Å². The van der Waals surface area contributed by atoms with Gasteiger partial charge in [0.15, 0.2) is 0 Å². The number of amides is 2. The Bertz CT molecular complexity index is 755. The number of aryl methyl sites for hydroxylation is 1. The van der Waals surface area contributed by atoms with Gasteiger partial charge in [-0.2, -0.15) is 0 Å². The molecule has 0 saturated carbocycles. The number of anilines is 1. The highest BCUT2D eigenvalue weighted by atomic mass is 79.9. The van der Waals surface area contributed by atoms with E-state index in [2.05, 4.69) is 40.4 Å². The van der Waals surface area contributed by atoms with E-state index in [-0.39, 0.29) is 18.2 Å². The van der Waals surface area contributed by atoms with Crippen LogP contribution in [0, 0.1) is 6.92 Å². The second-order valence-electron chi connectivity index (χ2n) is 6.25. The molecule has 25 heavy (non-hydrogen) atoms. The molecule has 0 aromatic heterocycles. The summed E-state index contributed by atoms with van der Waals surface area (Å²) < 4.78 is 0.919. The molecule has 0 unspecified atom stereocenters. The lowest BCUT2D eigenvalue weighted by Crippen LogP contribution is -2.27. The van der Waals surface area contributed by atoms with E-state index in [0.29, 0.717) is 18.0 Å². The monoisotopic (exact) mass is 402 g/mol. The number of benzene rings is 2. The first kappa shape index (κ1) is 19.2. The smallest absolute Gasteiger partial charge is 0.251 e. The molecule has 4 nitrogen and oxygen atoms in total. The second kappa shape index (κ2) is 8.81. The van der Waals surface area contributed by atoms with Gasteiger partial charge in [0.1, 0.15) is 0 Å². The molecular weight excluding hydrogens is 380 g/mol. The zero-order valence-corrected chi connectivity index (χ0v) is 16.3. The van der Waals surface area contributed by atoms with E-state index in [0.717, 1.165) is 21.3 Å². The SMILES string of the molecule is Cc1cccc(C(C)C)c1NC(=O)CCNC(=O)c1ccc(Br)cc1. The van der Waals surface area contributed by atoms with E-state index in [9.17, 15) is 9.59 Å². The summed E-state index contributed by atoms with van der Waals surface area (Å²) >= 11 is 3.33. The maximum absolute atomic E-state index is 12.2. The van der Waals surface area contributed by atoms with Crippen molar-refractivity contribution in [1.82, 2.24) is 5.32 Å². The zero-order valence-electron chi connectivity index (χ0n) is 14.7. The van der Waals surface area contributed by atoms with E-state index < -0.39 is 0 Å². The fraction of sp³-hybridized carbons (Fsp3) is 0.300. The normalized spacial score (nSPS) is 10.6. The third-order valence-electron chi connectivity index (χ3n) is 3.94. The maximum Gasteiger partial charge on any atom is 0.251 e. The number of rotatable bonds is 6. The quantitative estimate of drug-likeness (QED) is 0.738. The van der Waals surface area contributed by atoms with Crippen LogP contribution in [0.5, 0.6) is 0 Å². The highest BCUT2D eigenvalue weighted by Gasteiger charge is 2.12. The molecule has 2 N–H and O–H groups in total. The lowest BCUT2D eigenvalue weighted by atomic mass is 9.98. The molecule has 2 aromatic carbocycles. The first-order valence-electron chi connectivity index (χ1n) is 8.31. The topological polar surface area (TPSA) is 58.2 Å². The minimum Gasteiger partial charge on any atom is -0.352 e. The van der Waals surface area contributed by atoms with Gasteiger partial charge in [0.25, 0.3) is 5.91 Å². The van der Waals surface area contributed by atoms with Crippen LogP contribution in [0.4, 0.5) is 5.69 Å². The summed E-state index contributed by atoms with van der Waals surface area (Å²) in [6.45, 7) is 6.48. The molecule has 5 heteroatoms. The summed E-state index contributed by atoms with van der Waals surface area (Å²) in [4.78, 5) is 24.3. The fourth-order valence-corrected chi connectivity index (χ4v) is 2.80. The van der Waals surface area contributed by atoms with Crippen molar-refractivity contribution in [2.75, 3.05) is 11.9 Å². The number of hydrogen-bond donors (Lipinski definition) is 2. The van der Waals surface area contributed by atoms with Crippen LogP contribution in [0.3, 0.4) is 0 Å². The maximum atomic E-state index is 12.2. The number of nitrogens with one attached hydrogen (secondary N) is 2. The molecule has 0 bridgehead atoms. The minimum atomic E-state index is -0.181. The van der Waals surface area contributed by atoms with Crippen LogP contribution in [-0.2, 0) is 4.79 Å². The van der Waals surface area contributed by atoms with Crippen molar-refractivity contribution >= 4 is 33.4 Å². The molecule has 2 amide bonds. The lowest BCUT2D eigenvalue weighted by Gasteiger charge is -2.16. The number of carbonyl (C=O) groups excluding carboxylic acids is 2. The highest BCUT2D eigenvalue weighted by Crippen LogP contribution is 2.27. The van der Waals surface area contributed by atoms with Crippen LogP contribution in [0.2, 0.25) is 0 Å². The molecule has 0 aliphatic carbocycles. The first-order chi connectivity index (χ1) is 11.9. The van der Waals surface area contributed by atoms with Gasteiger partial charge < -0.3 is 10.6 Å².